The number of carbonyl (C=O) groups is 2. The van der Waals surface area contributed by atoms with E-state index in [1.54, 1.807) is 25.2 Å². The number of hydrogen-bond donors (Lipinski definition) is 2. The van der Waals surface area contributed by atoms with Crippen LogP contribution in [0.1, 0.15) is 17.2 Å². The maximum Gasteiger partial charge on any atom is 0.242 e. The van der Waals surface area contributed by atoms with Crippen LogP contribution in [0.2, 0.25) is 5.02 Å². The summed E-state index contributed by atoms with van der Waals surface area (Å²) in [6, 6.07) is 14.4. The van der Waals surface area contributed by atoms with Crippen molar-refractivity contribution in [2.24, 2.45) is 5.92 Å². The van der Waals surface area contributed by atoms with E-state index in [1.165, 1.54) is 4.90 Å². The molecule has 1 heterocycles. The Morgan fingerprint density at radius 3 is 2.62 bits per heavy atom. The van der Waals surface area contributed by atoms with Crippen molar-refractivity contribution in [3.8, 4) is 0 Å². The Morgan fingerprint density at radius 2 is 1.92 bits per heavy atom. The summed E-state index contributed by atoms with van der Waals surface area (Å²) in [5.74, 6) is -2.19. The van der Waals surface area contributed by atoms with Gasteiger partial charge in [-0.1, -0.05) is 48.0 Å². The maximum atomic E-state index is 12.5. The van der Waals surface area contributed by atoms with Crippen LogP contribution in [0, 0.1) is 5.92 Å². The van der Waals surface area contributed by atoms with Gasteiger partial charge in [0.05, 0.1) is 5.69 Å². The van der Waals surface area contributed by atoms with Gasteiger partial charge in [-0.15, -0.1) is 0 Å². The van der Waals surface area contributed by atoms with Gasteiger partial charge in [-0.05, 0) is 17.7 Å². The minimum atomic E-state index is -1.27. The lowest BCUT2D eigenvalue weighted by Crippen LogP contribution is -2.48. The predicted molar refractivity (Wildman–Crippen MR) is 91.6 cm³/mol. The van der Waals surface area contributed by atoms with Crippen molar-refractivity contribution in [3.63, 3.8) is 0 Å². The molecule has 2 N–H and O–H groups in total. The van der Waals surface area contributed by atoms with Crippen LogP contribution < -0.4 is 10.2 Å². The molecule has 6 heteroatoms. The number of halogens is 1. The SMILES string of the molecule is CN1C(=O)C(C(=O)NCc2ccccc2)C(O)c2c(Cl)cccc21. The molecule has 2 aromatic rings. The Bertz CT molecular complexity index is 779. The number of anilines is 1. The van der Waals surface area contributed by atoms with Crippen molar-refractivity contribution >= 4 is 29.1 Å². The summed E-state index contributed by atoms with van der Waals surface area (Å²) in [4.78, 5) is 26.4. The van der Waals surface area contributed by atoms with Gasteiger partial charge in [0.1, 0.15) is 12.0 Å². The summed E-state index contributed by atoms with van der Waals surface area (Å²) >= 11 is 6.16. The molecule has 2 atom stereocenters. The van der Waals surface area contributed by atoms with E-state index >= 15 is 0 Å². The Morgan fingerprint density at radius 1 is 1.21 bits per heavy atom. The molecule has 3 rings (SSSR count). The van der Waals surface area contributed by atoms with Crippen LogP contribution in [-0.4, -0.2) is 24.0 Å². The number of aliphatic hydroxyl groups excluding tert-OH is 1. The maximum absolute atomic E-state index is 12.5. The standard InChI is InChI=1S/C18H17ClN2O3/c1-21-13-9-5-8-12(19)14(13)16(22)15(18(21)24)17(23)20-10-11-6-3-2-4-7-11/h2-9,15-16,22H,10H2,1H3,(H,20,23). The molecule has 0 spiro atoms. The smallest absolute Gasteiger partial charge is 0.242 e. The molecular formula is C18H17ClN2O3. The number of aliphatic hydroxyl groups is 1. The molecule has 0 saturated carbocycles. The van der Waals surface area contributed by atoms with E-state index in [0.717, 1.165) is 5.56 Å². The molecule has 1 aliphatic heterocycles. The highest BCUT2D eigenvalue weighted by molar-refractivity contribution is 6.32. The third-order valence-electron chi connectivity index (χ3n) is 4.19. The molecule has 0 aliphatic carbocycles. The second-order valence-electron chi connectivity index (χ2n) is 5.70. The summed E-state index contributed by atoms with van der Waals surface area (Å²) in [5.41, 5.74) is 1.84. The molecule has 24 heavy (non-hydrogen) atoms. The van der Waals surface area contributed by atoms with E-state index in [1.807, 2.05) is 30.3 Å². The van der Waals surface area contributed by atoms with Crippen LogP contribution in [0.3, 0.4) is 0 Å². The molecule has 0 fully saturated rings. The zero-order valence-electron chi connectivity index (χ0n) is 13.1. The Kier molecular flexibility index (Phi) is 4.55. The molecule has 2 amide bonds. The minimum absolute atomic E-state index is 0.287. The summed E-state index contributed by atoms with van der Waals surface area (Å²) in [5, 5.41) is 13.6. The summed E-state index contributed by atoms with van der Waals surface area (Å²) in [6.07, 6.45) is -1.27. The Labute approximate surface area is 144 Å². The number of rotatable bonds is 3. The summed E-state index contributed by atoms with van der Waals surface area (Å²) in [7, 11) is 1.57. The van der Waals surface area contributed by atoms with Crippen molar-refractivity contribution in [1.82, 2.24) is 5.32 Å². The second-order valence-corrected chi connectivity index (χ2v) is 6.10. The van der Waals surface area contributed by atoms with Crippen LogP contribution >= 0.6 is 11.6 Å². The molecule has 2 aromatic carbocycles. The lowest BCUT2D eigenvalue weighted by Gasteiger charge is -2.35. The first-order valence-electron chi connectivity index (χ1n) is 7.56. The third-order valence-corrected chi connectivity index (χ3v) is 4.52. The van der Waals surface area contributed by atoms with E-state index in [0.29, 0.717) is 16.3 Å². The van der Waals surface area contributed by atoms with E-state index in [-0.39, 0.29) is 6.54 Å². The highest BCUT2D eigenvalue weighted by Crippen LogP contribution is 2.41. The lowest BCUT2D eigenvalue weighted by molar-refractivity contribution is -0.139. The molecule has 0 bridgehead atoms. The largest absolute Gasteiger partial charge is 0.387 e. The van der Waals surface area contributed by atoms with Gasteiger partial charge in [0.25, 0.3) is 0 Å². The fourth-order valence-electron chi connectivity index (χ4n) is 2.89. The van der Waals surface area contributed by atoms with Gasteiger partial charge in [-0.2, -0.15) is 0 Å². The van der Waals surface area contributed by atoms with E-state index < -0.39 is 23.8 Å². The first-order valence-corrected chi connectivity index (χ1v) is 7.94. The number of nitrogens with one attached hydrogen (secondary N) is 1. The average molecular weight is 345 g/mol. The number of nitrogens with zero attached hydrogens (tertiary/aromatic N) is 1. The molecule has 0 radical (unpaired) electrons. The minimum Gasteiger partial charge on any atom is -0.387 e. The van der Waals surface area contributed by atoms with E-state index in [2.05, 4.69) is 5.32 Å². The van der Waals surface area contributed by atoms with Gasteiger partial charge >= 0.3 is 0 Å². The van der Waals surface area contributed by atoms with Crippen molar-refractivity contribution in [2.45, 2.75) is 12.6 Å². The fourth-order valence-corrected chi connectivity index (χ4v) is 3.17. The Balaban J connectivity index is 1.84. The second kappa shape index (κ2) is 6.63. The predicted octanol–water partition coefficient (Wildman–Crippen LogP) is 2.28. The number of carbonyl (C=O) groups excluding carboxylic acids is 2. The van der Waals surface area contributed by atoms with Gasteiger partial charge in [0.15, 0.2) is 0 Å². The fraction of sp³-hybridized carbons (Fsp3) is 0.222. The lowest BCUT2D eigenvalue weighted by atomic mass is 9.88. The quantitative estimate of drug-likeness (QED) is 0.839. The molecular weight excluding hydrogens is 328 g/mol. The first kappa shape index (κ1) is 16.5. The van der Waals surface area contributed by atoms with Gasteiger partial charge in [-0.25, -0.2) is 0 Å². The Hall–Kier alpha value is -2.37. The van der Waals surface area contributed by atoms with Gasteiger partial charge in [-0.3, -0.25) is 9.59 Å². The number of hydrogen-bond acceptors (Lipinski definition) is 3. The molecule has 5 nitrogen and oxygen atoms in total. The van der Waals surface area contributed by atoms with Crippen molar-refractivity contribution in [3.05, 3.63) is 64.7 Å². The average Bonchev–Trinajstić information content (AvgIpc) is 2.59. The van der Waals surface area contributed by atoms with E-state index in [9.17, 15) is 14.7 Å². The van der Waals surface area contributed by atoms with E-state index in [4.69, 9.17) is 11.6 Å². The zero-order valence-corrected chi connectivity index (χ0v) is 13.8. The monoisotopic (exact) mass is 344 g/mol. The number of amides is 2. The number of fused-ring (bicyclic) bond motifs is 1. The van der Waals surface area contributed by atoms with Crippen LogP contribution in [0.15, 0.2) is 48.5 Å². The molecule has 1 aliphatic rings. The molecule has 0 aromatic heterocycles. The van der Waals surface area contributed by atoms with Crippen LogP contribution in [0.25, 0.3) is 0 Å². The van der Waals surface area contributed by atoms with Gasteiger partial charge in [0, 0.05) is 24.2 Å². The summed E-state index contributed by atoms with van der Waals surface area (Å²) in [6.45, 7) is 0.287. The zero-order chi connectivity index (χ0) is 17.3. The third kappa shape index (κ3) is 2.88. The molecule has 124 valence electrons. The van der Waals surface area contributed by atoms with Crippen LogP contribution in [0.5, 0.6) is 0 Å². The highest BCUT2D eigenvalue weighted by atomic mass is 35.5. The van der Waals surface area contributed by atoms with Gasteiger partial charge < -0.3 is 15.3 Å². The van der Waals surface area contributed by atoms with Crippen molar-refractivity contribution in [2.75, 3.05) is 11.9 Å². The molecule has 0 saturated heterocycles. The topological polar surface area (TPSA) is 69.6 Å². The normalized spacial score (nSPS) is 19.8. The highest BCUT2D eigenvalue weighted by Gasteiger charge is 2.43. The van der Waals surface area contributed by atoms with Crippen molar-refractivity contribution < 1.29 is 14.7 Å². The van der Waals surface area contributed by atoms with Crippen LogP contribution in [-0.2, 0) is 16.1 Å². The van der Waals surface area contributed by atoms with Crippen molar-refractivity contribution in [1.29, 1.82) is 0 Å². The van der Waals surface area contributed by atoms with Crippen LogP contribution in [0.4, 0.5) is 5.69 Å². The number of benzene rings is 2. The first-order chi connectivity index (χ1) is 11.5. The molecule has 2 unspecified atom stereocenters. The summed E-state index contributed by atoms with van der Waals surface area (Å²) < 4.78 is 0. The van der Waals surface area contributed by atoms with Gasteiger partial charge in [0.2, 0.25) is 11.8 Å².